The van der Waals surface area contributed by atoms with Gasteiger partial charge in [-0.05, 0) is 38.3 Å². The topological polar surface area (TPSA) is 15.3 Å². The average Bonchev–Trinajstić information content (AvgIpc) is 2.81. The van der Waals surface area contributed by atoms with E-state index in [9.17, 15) is 0 Å². The Balaban J connectivity index is 1.66. The molecule has 0 aliphatic heterocycles. The molecule has 3 heteroatoms. The van der Waals surface area contributed by atoms with E-state index in [1.165, 1.54) is 49.9 Å². The van der Waals surface area contributed by atoms with E-state index in [0.29, 0.717) is 6.04 Å². The molecule has 1 aromatic heterocycles. The summed E-state index contributed by atoms with van der Waals surface area (Å²) >= 11 is 1.84. The van der Waals surface area contributed by atoms with Gasteiger partial charge in [-0.25, -0.2) is 0 Å². The van der Waals surface area contributed by atoms with Gasteiger partial charge in [-0.3, -0.25) is 0 Å². The van der Waals surface area contributed by atoms with Crippen LogP contribution in [0.1, 0.15) is 56.4 Å². The zero-order valence-corrected chi connectivity index (χ0v) is 13.2. The first-order valence-electron chi connectivity index (χ1n) is 7.74. The molecule has 2 nitrogen and oxygen atoms in total. The molecule has 19 heavy (non-hydrogen) atoms. The molecule has 1 heterocycles. The minimum Gasteiger partial charge on any atom is -0.308 e. The zero-order chi connectivity index (χ0) is 13.5. The molecule has 0 radical (unpaired) electrons. The van der Waals surface area contributed by atoms with Crippen LogP contribution in [0.15, 0.2) is 17.5 Å². The van der Waals surface area contributed by atoms with Crippen LogP contribution in [0.25, 0.3) is 0 Å². The van der Waals surface area contributed by atoms with Crippen molar-refractivity contribution in [3.63, 3.8) is 0 Å². The summed E-state index contributed by atoms with van der Waals surface area (Å²) < 4.78 is 0. The highest BCUT2D eigenvalue weighted by Gasteiger charge is 2.16. The van der Waals surface area contributed by atoms with Crippen molar-refractivity contribution in [3.8, 4) is 0 Å². The number of thiophene rings is 1. The van der Waals surface area contributed by atoms with E-state index in [0.717, 1.165) is 12.6 Å². The molecule has 108 valence electrons. The highest BCUT2D eigenvalue weighted by Crippen LogP contribution is 2.21. The number of nitrogens with one attached hydrogen (secondary N) is 1. The second-order valence-electron chi connectivity index (χ2n) is 5.82. The molecule has 1 N–H and O–H groups in total. The van der Waals surface area contributed by atoms with Crippen molar-refractivity contribution in [1.29, 1.82) is 0 Å². The Labute approximate surface area is 122 Å². The molecule has 1 fully saturated rings. The minimum absolute atomic E-state index is 0.488. The molecule has 0 aromatic carbocycles. The van der Waals surface area contributed by atoms with Crippen molar-refractivity contribution in [2.75, 3.05) is 20.1 Å². The molecule has 0 amide bonds. The van der Waals surface area contributed by atoms with E-state index in [1.54, 1.807) is 0 Å². The van der Waals surface area contributed by atoms with Gasteiger partial charge < -0.3 is 10.2 Å². The third kappa shape index (κ3) is 4.90. The van der Waals surface area contributed by atoms with Gasteiger partial charge in [0.2, 0.25) is 0 Å². The lowest BCUT2D eigenvalue weighted by molar-refractivity contribution is 0.219. The smallest absolute Gasteiger partial charge is 0.0386 e. The van der Waals surface area contributed by atoms with Crippen molar-refractivity contribution < 1.29 is 0 Å². The largest absolute Gasteiger partial charge is 0.308 e. The molecule has 0 spiro atoms. The lowest BCUT2D eigenvalue weighted by atomic mass is 10.1. The summed E-state index contributed by atoms with van der Waals surface area (Å²) in [6, 6.07) is 5.66. The monoisotopic (exact) mass is 280 g/mol. The van der Waals surface area contributed by atoms with Gasteiger partial charge >= 0.3 is 0 Å². The Morgan fingerprint density at radius 1 is 1.32 bits per heavy atom. The fourth-order valence-electron chi connectivity index (χ4n) is 2.98. The number of rotatable bonds is 6. The molecule has 1 unspecified atom stereocenters. The van der Waals surface area contributed by atoms with E-state index in [-0.39, 0.29) is 0 Å². The maximum Gasteiger partial charge on any atom is 0.0386 e. The van der Waals surface area contributed by atoms with Crippen LogP contribution in [0, 0.1) is 0 Å². The fourth-order valence-corrected chi connectivity index (χ4v) is 3.74. The van der Waals surface area contributed by atoms with E-state index in [4.69, 9.17) is 0 Å². The first-order valence-corrected chi connectivity index (χ1v) is 8.62. The number of hydrogen-bond acceptors (Lipinski definition) is 3. The summed E-state index contributed by atoms with van der Waals surface area (Å²) in [5.41, 5.74) is 0. The van der Waals surface area contributed by atoms with Crippen molar-refractivity contribution in [1.82, 2.24) is 10.2 Å². The minimum atomic E-state index is 0.488. The van der Waals surface area contributed by atoms with Gasteiger partial charge in [0.1, 0.15) is 0 Å². The molecule has 1 aliphatic rings. The normalized spacial score (nSPS) is 19.5. The highest BCUT2D eigenvalue weighted by molar-refractivity contribution is 7.10. The van der Waals surface area contributed by atoms with E-state index in [2.05, 4.69) is 41.7 Å². The summed E-state index contributed by atoms with van der Waals surface area (Å²) in [5.74, 6) is 0. The van der Waals surface area contributed by atoms with Gasteiger partial charge in [-0.15, -0.1) is 11.3 Å². The molecule has 1 saturated carbocycles. The maximum atomic E-state index is 3.64. The van der Waals surface area contributed by atoms with Gasteiger partial charge in [0, 0.05) is 30.1 Å². The van der Waals surface area contributed by atoms with Gasteiger partial charge in [0.05, 0.1) is 0 Å². The maximum absolute atomic E-state index is 3.64. The molecular formula is C16H28N2S. The average molecular weight is 280 g/mol. The van der Waals surface area contributed by atoms with E-state index >= 15 is 0 Å². The second-order valence-corrected chi connectivity index (χ2v) is 6.80. The molecule has 1 aromatic rings. The van der Waals surface area contributed by atoms with Gasteiger partial charge in [0.25, 0.3) is 0 Å². The van der Waals surface area contributed by atoms with Crippen LogP contribution in [-0.2, 0) is 0 Å². The number of hydrogen-bond donors (Lipinski definition) is 1. The predicted molar refractivity (Wildman–Crippen MR) is 84.9 cm³/mol. The van der Waals surface area contributed by atoms with Crippen molar-refractivity contribution in [3.05, 3.63) is 22.4 Å². The Kier molecular flexibility index (Phi) is 6.35. The first kappa shape index (κ1) is 15.0. The van der Waals surface area contributed by atoms with Crippen molar-refractivity contribution in [2.24, 2.45) is 0 Å². The van der Waals surface area contributed by atoms with Gasteiger partial charge in [-0.2, -0.15) is 0 Å². The summed E-state index contributed by atoms with van der Waals surface area (Å²) in [4.78, 5) is 4.01. The van der Waals surface area contributed by atoms with Crippen molar-refractivity contribution in [2.45, 2.75) is 57.5 Å². The Hall–Kier alpha value is -0.380. The van der Waals surface area contributed by atoms with E-state index < -0.39 is 0 Å². The third-order valence-corrected chi connectivity index (χ3v) is 5.39. The second kappa shape index (κ2) is 8.03. The lowest BCUT2D eigenvalue weighted by Crippen LogP contribution is -2.37. The summed E-state index contributed by atoms with van der Waals surface area (Å²) in [5, 5.41) is 5.80. The lowest BCUT2D eigenvalue weighted by Gasteiger charge is -2.27. The predicted octanol–water partition coefficient (Wildman–Crippen LogP) is 4.05. The van der Waals surface area contributed by atoms with Crippen LogP contribution in [0.3, 0.4) is 0 Å². The summed E-state index contributed by atoms with van der Waals surface area (Å²) in [6.07, 6.45) is 8.53. The van der Waals surface area contributed by atoms with Crippen LogP contribution in [0.4, 0.5) is 0 Å². The Bertz CT molecular complexity index is 329. The summed E-state index contributed by atoms with van der Waals surface area (Å²) in [6.45, 7) is 4.52. The molecule has 1 aliphatic carbocycles. The van der Waals surface area contributed by atoms with Crippen LogP contribution in [-0.4, -0.2) is 31.1 Å². The first-order chi connectivity index (χ1) is 9.27. The Morgan fingerprint density at radius 3 is 2.68 bits per heavy atom. The van der Waals surface area contributed by atoms with Crippen LogP contribution in [0.2, 0.25) is 0 Å². The number of nitrogens with zero attached hydrogens (tertiary/aromatic N) is 1. The van der Waals surface area contributed by atoms with Crippen LogP contribution >= 0.6 is 11.3 Å². The zero-order valence-electron chi connectivity index (χ0n) is 12.4. The molecule has 1 atom stereocenters. The number of likely N-dealkylation sites (N-methyl/N-ethyl adjacent to an activating group) is 1. The molecule has 0 bridgehead atoms. The summed E-state index contributed by atoms with van der Waals surface area (Å²) in [7, 11) is 2.30. The SMILES string of the molecule is CC(NCCN(C)C1CCCCCC1)c1cccs1. The van der Waals surface area contributed by atoms with Crippen LogP contribution < -0.4 is 5.32 Å². The van der Waals surface area contributed by atoms with Gasteiger partial charge in [0.15, 0.2) is 0 Å². The third-order valence-electron chi connectivity index (χ3n) is 4.33. The standard InChI is InChI=1S/C16H28N2S/c1-14(16-10-7-13-19-16)17-11-12-18(2)15-8-5-3-4-6-9-15/h7,10,13-15,17H,3-6,8-9,11-12H2,1-2H3. The quantitative estimate of drug-likeness (QED) is 0.791. The highest BCUT2D eigenvalue weighted by atomic mass is 32.1. The molecule has 2 rings (SSSR count). The molecule has 0 saturated heterocycles. The fraction of sp³-hybridized carbons (Fsp3) is 0.750. The van der Waals surface area contributed by atoms with Crippen molar-refractivity contribution >= 4 is 11.3 Å². The van der Waals surface area contributed by atoms with Gasteiger partial charge in [-0.1, -0.05) is 31.7 Å². The van der Waals surface area contributed by atoms with E-state index in [1.807, 2.05) is 11.3 Å². The molecular weight excluding hydrogens is 252 g/mol. The Morgan fingerprint density at radius 2 is 2.05 bits per heavy atom. The van der Waals surface area contributed by atoms with Crippen LogP contribution in [0.5, 0.6) is 0 Å².